The van der Waals surface area contributed by atoms with E-state index in [0.29, 0.717) is 19.4 Å². The van der Waals surface area contributed by atoms with Gasteiger partial charge in [-0.25, -0.2) is 0 Å². The zero-order chi connectivity index (χ0) is 15.2. The van der Waals surface area contributed by atoms with Gasteiger partial charge in [0.05, 0.1) is 18.4 Å². The number of carbonyl (C=O) groups excluding carboxylic acids is 1. The molecule has 0 N–H and O–H groups in total. The lowest BCUT2D eigenvalue weighted by Gasteiger charge is -2.07. The van der Waals surface area contributed by atoms with Crippen LogP contribution in [0.25, 0.3) is 0 Å². The Labute approximate surface area is 123 Å². The molecule has 1 aromatic heterocycles. The highest BCUT2D eigenvalue weighted by molar-refractivity contribution is 5.69. The maximum atomic E-state index is 11.1. The molecule has 5 heteroatoms. The molecule has 1 heterocycles. The second kappa shape index (κ2) is 6.92. The van der Waals surface area contributed by atoms with Gasteiger partial charge >= 0.3 is 5.97 Å². The van der Waals surface area contributed by atoms with Gasteiger partial charge in [-0.3, -0.25) is 4.79 Å². The molecule has 21 heavy (non-hydrogen) atoms. The smallest absolute Gasteiger partial charge is 0.305 e. The Kier molecular flexibility index (Phi) is 4.98. The summed E-state index contributed by atoms with van der Waals surface area (Å²) in [4.78, 5) is 11.1. The molecule has 5 nitrogen and oxygen atoms in total. The molecular formula is C16H19NO4. The molecule has 112 valence electrons. The molecule has 0 aliphatic carbocycles. The Bertz CT molecular complexity index is 582. The summed E-state index contributed by atoms with van der Waals surface area (Å²) >= 11 is 0. The Morgan fingerprint density at radius 3 is 2.52 bits per heavy atom. The third kappa shape index (κ3) is 4.08. The summed E-state index contributed by atoms with van der Waals surface area (Å²) in [6.45, 7) is 4.20. The highest BCUT2D eigenvalue weighted by Gasteiger charge is 2.09. The van der Waals surface area contributed by atoms with Crippen molar-refractivity contribution in [3.05, 3.63) is 46.8 Å². The fraction of sp³-hybridized carbons (Fsp3) is 0.375. The van der Waals surface area contributed by atoms with Crippen molar-refractivity contribution in [3.8, 4) is 5.75 Å². The van der Waals surface area contributed by atoms with Crippen molar-refractivity contribution in [2.45, 2.75) is 33.3 Å². The number of aryl methyl sites for hydroxylation is 3. The van der Waals surface area contributed by atoms with Crippen molar-refractivity contribution in [2.24, 2.45) is 0 Å². The second-order valence-electron chi connectivity index (χ2n) is 4.81. The minimum atomic E-state index is -0.200. The zero-order valence-electron chi connectivity index (χ0n) is 12.5. The number of hydrogen-bond donors (Lipinski definition) is 0. The van der Waals surface area contributed by atoms with Gasteiger partial charge < -0.3 is 14.0 Å². The SMILES string of the molecule is COC(=O)CCc1ccc(OCc2c(C)noc2C)cc1. The summed E-state index contributed by atoms with van der Waals surface area (Å²) in [5.41, 5.74) is 2.90. The van der Waals surface area contributed by atoms with Crippen molar-refractivity contribution < 1.29 is 18.8 Å². The van der Waals surface area contributed by atoms with Crippen LogP contribution in [0.5, 0.6) is 5.75 Å². The number of nitrogens with zero attached hydrogens (tertiary/aromatic N) is 1. The predicted octanol–water partition coefficient (Wildman–Crippen LogP) is 2.98. The van der Waals surface area contributed by atoms with Gasteiger partial charge in [-0.15, -0.1) is 0 Å². The van der Waals surface area contributed by atoms with Gasteiger partial charge in [0.15, 0.2) is 0 Å². The first-order chi connectivity index (χ1) is 10.1. The number of esters is 1. The van der Waals surface area contributed by atoms with Crippen molar-refractivity contribution in [1.82, 2.24) is 5.16 Å². The van der Waals surface area contributed by atoms with Crippen LogP contribution in [0.4, 0.5) is 0 Å². The molecule has 0 saturated carbocycles. The topological polar surface area (TPSA) is 61.6 Å². The number of ether oxygens (including phenoxy) is 2. The van der Waals surface area contributed by atoms with Gasteiger partial charge in [0.1, 0.15) is 18.1 Å². The fourth-order valence-corrected chi connectivity index (χ4v) is 1.96. The van der Waals surface area contributed by atoms with Crippen LogP contribution >= 0.6 is 0 Å². The van der Waals surface area contributed by atoms with E-state index >= 15 is 0 Å². The molecule has 2 aromatic rings. The largest absolute Gasteiger partial charge is 0.489 e. The quantitative estimate of drug-likeness (QED) is 0.765. The van der Waals surface area contributed by atoms with E-state index in [9.17, 15) is 4.79 Å². The molecule has 0 radical (unpaired) electrons. The number of benzene rings is 1. The molecular weight excluding hydrogens is 270 g/mol. The standard InChI is InChI=1S/C16H19NO4/c1-11-15(12(2)21-17-11)10-20-14-7-4-13(5-8-14)6-9-16(18)19-3/h4-5,7-8H,6,9-10H2,1-3H3. The van der Waals surface area contributed by atoms with Crippen LogP contribution in [-0.4, -0.2) is 18.2 Å². The van der Waals surface area contributed by atoms with E-state index in [4.69, 9.17) is 9.26 Å². The second-order valence-corrected chi connectivity index (χ2v) is 4.81. The molecule has 0 aliphatic rings. The Morgan fingerprint density at radius 2 is 1.95 bits per heavy atom. The molecule has 0 spiro atoms. The van der Waals surface area contributed by atoms with Crippen LogP contribution in [0.1, 0.15) is 29.0 Å². The molecule has 0 aliphatic heterocycles. The van der Waals surface area contributed by atoms with Crippen LogP contribution in [-0.2, 0) is 22.6 Å². The summed E-state index contributed by atoms with van der Waals surface area (Å²) < 4.78 is 15.4. The van der Waals surface area contributed by atoms with Crippen molar-refractivity contribution in [1.29, 1.82) is 0 Å². The van der Waals surface area contributed by atoms with Crippen LogP contribution in [0.3, 0.4) is 0 Å². The summed E-state index contributed by atoms with van der Waals surface area (Å²) in [5, 5.41) is 3.89. The first kappa shape index (κ1) is 15.1. The summed E-state index contributed by atoms with van der Waals surface area (Å²) in [7, 11) is 1.40. The molecule has 0 saturated heterocycles. The monoisotopic (exact) mass is 289 g/mol. The van der Waals surface area contributed by atoms with E-state index in [1.54, 1.807) is 0 Å². The maximum absolute atomic E-state index is 11.1. The number of aromatic nitrogens is 1. The summed E-state index contributed by atoms with van der Waals surface area (Å²) in [6, 6.07) is 7.69. The Morgan fingerprint density at radius 1 is 1.24 bits per heavy atom. The molecule has 0 fully saturated rings. The zero-order valence-corrected chi connectivity index (χ0v) is 12.5. The Balaban J connectivity index is 1.89. The van der Waals surface area contributed by atoms with E-state index in [0.717, 1.165) is 28.3 Å². The van der Waals surface area contributed by atoms with Crippen molar-refractivity contribution in [2.75, 3.05) is 7.11 Å². The minimum Gasteiger partial charge on any atom is -0.489 e. The third-order valence-corrected chi connectivity index (χ3v) is 3.33. The van der Waals surface area contributed by atoms with Crippen LogP contribution in [0.2, 0.25) is 0 Å². The van der Waals surface area contributed by atoms with E-state index in [-0.39, 0.29) is 5.97 Å². The van der Waals surface area contributed by atoms with E-state index in [1.165, 1.54) is 7.11 Å². The number of carbonyl (C=O) groups is 1. The van der Waals surface area contributed by atoms with E-state index < -0.39 is 0 Å². The van der Waals surface area contributed by atoms with Crippen molar-refractivity contribution in [3.63, 3.8) is 0 Å². The summed E-state index contributed by atoms with van der Waals surface area (Å²) in [6.07, 6.45) is 1.05. The van der Waals surface area contributed by atoms with E-state index in [2.05, 4.69) is 9.89 Å². The molecule has 2 rings (SSSR count). The average Bonchev–Trinajstić information content (AvgIpc) is 2.82. The lowest BCUT2D eigenvalue weighted by Crippen LogP contribution is -2.02. The maximum Gasteiger partial charge on any atom is 0.305 e. The van der Waals surface area contributed by atoms with Crippen molar-refractivity contribution >= 4 is 5.97 Å². The van der Waals surface area contributed by atoms with E-state index in [1.807, 2.05) is 38.1 Å². The molecule has 0 bridgehead atoms. The number of hydrogen-bond acceptors (Lipinski definition) is 5. The lowest BCUT2D eigenvalue weighted by atomic mass is 10.1. The van der Waals surface area contributed by atoms with Gasteiger partial charge in [0.25, 0.3) is 0 Å². The van der Waals surface area contributed by atoms with Crippen LogP contribution < -0.4 is 4.74 Å². The average molecular weight is 289 g/mol. The highest BCUT2D eigenvalue weighted by Crippen LogP contribution is 2.18. The minimum absolute atomic E-state index is 0.200. The molecule has 0 atom stereocenters. The van der Waals surface area contributed by atoms with Gasteiger partial charge in [-0.2, -0.15) is 0 Å². The van der Waals surface area contributed by atoms with Gasteiger partial charge in [-0.1, -0.05) is 17.3 Å². The number of rotatable bonds is 6. The summed E-state index contributed by atoms with van der Waals surface area (Å²) in [5.74, 6) is 1.35. The molecule has 0 unspecified atom stereocenters. The first-order valence-corrected chi connectivity index (χ1v) is 6.80. The predicted molar refractivity (Wildman–Crippen MR) is 77.1 cm³/mol. The number of methoxy groups -OCH3 is 1. The van der Waals surface area contributed by atoms with Gasteiger partial charge in [0.2, 0.25) is 0 Å². The van der Waals surface area contributed by atoms with Gasteiger partial charge in [-0.05, 0) is 38.0 Å². The lowest BCUT2D eigenvalue weighted by molar-refractivity contribution is -0.140. The third-order valence-electron chi connectivity index (χ3n) is 3.33. The Hall–Kier alpha value is -2.30. The van der Waals surface area contributed by atoms with Crippen LogP contribution in [0, 0.1) is 13.8 Å². The highest BCUT2D eigenvalue weighted by atomic mass is 16.5. The fourth-order valence-electron chi connectivity index (χ4n) is 1.96. The molecule has 0 amide bonds. The van der Waals surface area contributed by atoms with Crippen LogP contribution in [0.15, 0.2) is 28.8 Å². The molecule has 1 aromatic carbocycles. The van der Waals surface area contributed by atoms with Gasteiger partial charge in [0, 0.05) is 6.42 Å². The first-order valence-electron chi connectivity index (χ1n) is 6.80. The normalized spacial score (nSPS) is 10.4.